The average molecular weight is 390 g/mol. The highest BCUT2D eigenvalue weighted by molar-refractivity contribution is 5.89. The van der Waals surface area contributed by atoms with E-state index in [0.717, 1.165) is 0 Å². The van der Waals surface area contributed by atoms with Crippen molar-refractivity contribution in [3.63, 3.8) is 0 Å². The average Bonchev–Trinajstić information content (AvgIpc) is 2.97. The maximum Gasteiger partial charge on any atom is 0.311 e. The Morgan fingerprint density at radius 1 is 1.36 bits per heavy atom. The van der Waals surface area contributed by atoms with Gasteiger partial charge in [-0.05, 0) is 31.0 Å². The van der Waals surface area contributed by atoms with Crippen LogP contribution in [0.5, 0.6) is 5.75 Å². The van der Waals surface area contributed by atoms with Crippen molar-refractivity contribution in [2.75, 3.05) is 33.9 Å². The molecular weight excluding hydrogens is 363 g/mol. The van der Waals surface area contributed by atoms with E-state index < -0.39 is 11.5 Å². The number of esters is 1. The molecule has 6 nitrogen and oxygen atoms in total. The molecule has 28 heavy (non-hydrogen) atoms. The molecule has 0 saturated carbocycles. The summed E-state index contributed by atoms with van der Waals surface area (Å²) in [7, 11) is 2.91. The minimum absolute atomic E-state index is 0.0393. The summed E-state index contributed by atoms with van der Waals surface area (Å²) in [5.74, 6) is -0.498. The normalized spacial score (nSPS) is 21.8. The van der Waals surface area contributed by atoms with Crippen LogP contribution in [-0.4, -0.2) is 61.1 Å². The van der Waals surface area contributed by atoms with E-state index in [1.54, 1.807) is 30.2 Å². The number of carbonyl (C=O) groups excluding carboxylic acids is 2. The first kappa shape index (κ1) is 20.3. The molecule has 0 aromatic heterocycles. The number of piperidine rings is 1. The zero-order valence-corrected chi connectivity index (χ0v) is 16.4. The number of halogens is 1. The van der Waals surface area contributed by atoms with E-state index in [4.69, 9.17) is 9.47 Å². The Balaban J connectivity index is 1.76. The number of methoxy groups -OCH3 is 2. The molecule has 2 heterocycles. The Hall–Kier alpha value is -2.41. The van der Waals surface area contributed by atoms with Crippen LogP contribution in [0, 0.1) is 11.7 Å². The molecule has 2 aliphatic rings. The Morgan fingerprint density at radius 2 is 2.07 bits per heavy atom. The number of hydrogen-bond acceptors (Lipinski definition) is 5. The van der Waals surface area contributed by atoms with Crippen molar-refractivity contribution in [2.24, 2.45) is 5.92 Å². The molecule has 1 atom stereocenters. The largest absolute Gasteiger partial charge is 0.497 e. The Kier molecular flexibility index (Phi) is 6.03. The lowest BCUT2D eigenvalue weighted by molar-refractivity contribution is -0.150. The molecule has 0 radical (unpaired) electrons. The summed E-state index contributed by atoms with van der Waals surface area (Å²) in [4.78, 5) is 28.8. The second kappa shape index (κ2) is 8.31. The van der Waals surface area contributed by atoms with E-state index in [1.807, 2.05) is 0 Å². The van der Waals surface area contributed by atoms with Gasteiger partial charge in [-0.2, -0.15) is 0 Å². The lowest BCUT2D eigenvalue weighted by Gasteiger charge is -2.46. The van der Waals surface area contributed by atoms with E-state index >= 15 is 0 Å². The van der Waals surface area contributed by atoms with Crippen molar-refractivity contribution in [3.8, 4) is 5.75 Å². The molecule has 2 fully saturated rings. The highest BCUT2D eigenvalue weighted by Gasteiger charge is 2.56. The maximum atomic E-state index is 14.2. The van der Waals surface area contributed by atoms with Gasteiger partial charge < -0.3 is 14.4 Å². The molecule has 0 aliphatic carbocycles. The summed E-state index contributed by atoms with van der Waals surface area (Å²) in [6.07, 6.45) is 3.14. The number of carbonyl (C=O) groups is 2. The van der Waals surface area contributed by atoms with Crippen LogP contribution in [-0.2, 0) is 20.9 Å². The predicted molar refractivity (Wildman–Crippen MR) is 102 cm³/mol. The molecule has 7 heteroatoms. The van der Waals surface area contributed by atoms with Gasteiger partial charge in [0, 0.05) is 38.2 Å². The first-order valence-corrected chi connectivity index (χ1v) is 9.49. The molecule has 2 saturated heterocycles. The van der Waals surface area contributed by atoms with Crippen LogP contribution in [0.2, 0.25) is 0 Å². The Labute approximate surface area is 164 Å². The molecule has 1 amide bonds. The zero-order valence-electron chi connectivity index (χ0n) is 16.4. The van der Waals surface area contributed by atoms with Gasteiger partial charge in [0.2, 0.25) is 5.91 Å². The minimum Gasteiger partial charge on any atom is -0.497 e. The smallest absolute Gasteiger partial charge is 0.311 e. The van der Waals surface area contributed by atoms with Crippen LogP contribution in [0.15, 0.2) is 30.9 Å². The number of amides is 1. The summed E-state index contributed by atoms with van der Waals surface area (Å²) in [5, 5.41) is 0. The number of likely N-dealkylation sites (tertiary alicyclic amines) is 2. The van der Waals surface area contributed by atoms with Gasteiger partial charge >= 0.3 is 5.97 Å². The zero-order chi connectivity index (χ0) is 20.3. The Morgan fingerprint density at radius 3 is 2.68 bits per heavy atom. The molecule has 152 valence electrons. The van der Waals surface area contributed by atoms with Gasteiger partial charge in [0.15, 0.2) is 0 Å². The minimum atomic E-state index is -0.554. The molecule has 1 spiro atoms. The third kappa shape index (κ3) is 3.63. The first-order valence-electron chi connectivity index (χ1n) is 9.49. The van der Waals surface area contributed by atoms with Gasteiger partial charge in [-0.1, -0.05) is 6.08 Å². The predicted octanol–water partition coefficient (Wildman–Crippen LogP) is 2.38. The van der Waals surface area contributed by atoms with Crippen molar-refractivity contribution in [1.82, 2.24) is 9.80 Å². The summed E-state index contributed by atoms with van der Waals surface area (Å²) in [5.41, 5.74) is 0.0205. The summed E-state index contributed by atoms with van der Waals surface area (Å²) in [6, 6.07) is 4.72. The molecule has 0 N–H and O–H groups in total. The number of hydrogen-bond donors (Lipinski definition) is 0. The molecule has 1 unspecified atom stereocenters. The highest BCUT2D eigenvalue weighted by Crippen LogP contribution is 2.44. The van der Waals surface area contributed by atoms with Crippen molar-refractivity contribution in [3.05, 3.63) is 42.2 Å². The standard InChI is InChI=1S/C21H27FN2O4/c1-4-9-24-19(25)13-17(20(26)28-3)21(24)7-10-23(11-8-21)14-15-12-16(27-2)5-6-18(15)22/h4-6,12,17H,1,7-11,13-14H2,2-3H3. The number of rotatable bonds is 6. The number of benzene rings is 1. The van der Waals surface area contributed by atoms with Gasteiger partial charge in [-0.15, -0.1) is 6.58 Å². The third-order valence-corrected chi connectivity index (χ3v) is 6.03. The fourth-order valence-electron chi connectivity index (χ4n) is 4.53. The highest BCUT2D eigenvalue weighted by atomic mass is 19.1. The quantitative estimate of drug-likeness (QED) is 0.551. The van der Waals surface area contributed by atoms with Crippen LogP contribution >= 0.6 is 0 Å². The fraction of sp³-hybridized carbons (Fsp3) is 0.524. The summed E-state index contributed by atoms with van der Waals surface area (Å²) < 4.78 is 24.3. The second-order valence-corrected chi connectivity index (χ2v) is 7.41. The molecule has 3 rings (SSSR count). The van der Waals surface area contributed by atoms with Crippen LogP contribution in [0.25, 0.3) is 0 Å². The van der Waals surface area contributed by atoms with Crippen LogP contribution in [0.4, 0.5) is 4.39 Å². The van der Waals surface area contributed by atoms with E-state index in [0.29, 0.717) is 50.3 Å². The molecule has 2 aliphatic heterocycles. The van der Waals surface area contributed by atoms with Crippen molar-refractivity contribution in [1.29, 1.82) is 0 Å². The van der Waals surface area contributed by atoms with Crippen molar-refractivity contribution in [2.45, 2.75) is 31.3 Å². The molecular formula is C21H27FN2O4. The number of nitrogens with zero attached hydrogens (tertiary/aromatic N) is 2. The summed E-state index contributed by atoms with van der Waals surface area (Å²) in [6.45, 7) is 5.93. The van der Waals surface area contributed by atoms with Crippen molar-refractivity contribution < 1.29 is 23.5 Å². The molecule has 1 aromatic carbocycles. The second-order valence-electron chi connectivity index (χ2n) is 7.41. The number of ether oxygens (including phenoxy) is 2. The van der Waals surface area contributed by atoms with E-state index in [2.05, 4.69) is 11.5 Å². The van der Waals surface area contributed by atoms with E-state index in [-0.39, 0.29) is 24.1 Å². The van der Waals surface area contributed by atoms with Gasteiger partial charge in [-0.3, -0.25) is 14.5 Å². The Bertz CT molecular complexity index is 759. The van der Waals surface area contributed by atoms with Gasteiger partial charge in [0.05, 0.1) is 25.7 Å². The maximum absolute atomic E-state index is 14.2. The monoisotopic (exact) mass is 390 g/mol. The molecule has 1 aromatic rings. The lowest BCUT2D eigenvalue weighted by atomic mass is 9.76. The van der Waals surface area contributed by atoms with Crippen LogP contribution in [0.1, 0.15) is 24.8 Å². The van der Waals surface area contributed by atoms with Gasteiger partial charge in [0.25, 0.3) is 0 Å². The topological polar surface area (TPSA) is 59.1 Å². The molecule has 0 bridgehead atoms. The third-order valence-electron chi connectivity index (χ3n) is 6.03. The SMILES string of the molecule is C=CCN1C(=O)CC(C(=O)OC)C12CCN(Cc1cc(OC)ccc1F)CC2. The van der Waals surface area contributed by atoms with Crippen molar-refractivity contribution >= 4 is 11.9 Å². The first-order chi connectivity index (χ1) is 13.4. The fourth-order valence-corrected chi connectivity index (χ4v) is 4.53. The lowest BCUT2D eigenvalue weighted by Crippen LogP contribution is -2.57. The van der Waals surface area contributed by atoms with E-state index in [9.17, 15) is 14.0 Å². The van der Waals surface area contributed by atoms with Gasteiger partial charge in [-0.25, -0.2) is 4.39 Å². The summed E-state index contributed by atoms with van der Waals surface area (Å²) >= 11 is 0. The van der Waals surface area contributed by atoms with E-state index in [1.165, 1.54) is 13.2 Å². The van der Waals surface area contributed by atoms with Crippen LogP contribution < -0.4 is 4.74 Å². The van der Waals surface area contributed by atoms with Crippen LogP contribution in [0.3, 0.4) is 0 Å². The van der Waals surface area contributed by atoms with Gasteiger partial charge in [0.1, 0.15) is 11.6 Å².